The third-order valence-corrected chi connectivity index (χ3v) is 7.05. The predicted octanol–water partition coefficient (Wildman–Crippen LogP) is 5.34. The van der Waals surface area contributed by atoms with Gasteiger partial charge in [0.25, 0.3) is 0 Å². The Labute approximate surface area is 175 Å². The van der Waals surface area contributed by atoms with Crippen LogP contribution in [0.1, 0.15) is 32.1 Å². The summed E-state index contributed by atoms with van der Waals surface area (Å²) in [6, 6.07) is 9.51. The Morgan fingerprint density at radius 1 is 1.32 bits per heavy atom. The van der Waals surface area contributed by atoms with Crippen molar-refractivity contribution in [2.24, 2.45) is 0 Å². The van der Waals surface area contributed by atoms with Crippen LogP contribution in [0.25, 0.3) is 0 Å². The number of esters is 1. The van der Waals surface area contributed by atoms with Crippen molar-refractivity contribution >= 4 is 27.6 Å². The molecule has 1 aromatic rings. The van der Waals surface area contributed by atoms with E-state index in [0.29, 0.717) is 18.8 Å². The van der Waals surface area contributed by atoms with Gasteiger partial charge in [-0.05, 0) is 31.4 Å². The van der Waals surface area contributed by atoms with Crippen LogP contribution in [0.2, 0.25) is 0 Å². The second kappa shape index (κ2) is 13.6. The van der Waals surface area contributed by atoms with E-state index in [9.17, 15) is 4.79 Å². The van der Waals surface area contributed by atoms with E-state index >= 15 is 0 Å². The molecule has 2 rings (SSSR count). The summed E-state index contributed by atoms with van der Waals surface area (Å²) < 4.78 is 10.8. The molecule has 2 unspecified atom stereocenters. The van der Waals surface area contributed by atoms with Crippen LogP contribution in [0.4, 0.5) is 0 Å². The lowest BCUT2D eigenvalue weighted by molar-refractivity contribution is -0.304. The topological polar surface area (TPSA) is 54.0 Å². The molecular formula is C21H28O5S2. The molecule has 5 nitrogen and oxygen atoms in total. The molecule has 1 aliphatic rings. The lowest BCUT2D eigenvalue weighted by Crippen LogP contribution is -2.24. The summed E-state index contributed by atoms with van der Waals surface area (Å²) in [6.07, 6.45) is 5.38. The Morgan fingerprint density at radius 2 is 2.14 bits per heavy atom. The Kier molecular flexibility index (Phi) is 11.0. The van der Waals surface area contributed by atoms with E-state index in [-0.39, 0.29) is 6.61 Å². The summed E-state index contributed by atoms with van der Waals surface area (Å²) >= 11 is 0. The minimum Gasteiger partial charge on any atom is -0.493 e. The van der Waals surface area contributed by atoms with E-state index in [1.807, 2.05) is 51.9 Å². The molecule has 1 heterocycles. The second-order valence-corrected chi connectivity index (χ2v) is 9.13. The fourth-order valence-corrected chi connectivity index (χ4v) is 5.51. The summed E-state index contributed by atoms with van der Waals surface area (Å²) in [5.74, 6) is 2.10. The zero-order valence-corrected chi connectivity index (χ0v) is 17.7. The third kappa shape index (κ3) is 9.57. The third-order valence-electron chi connectivity index (χ3n) is 4.04. The van der Waals surface area contributed by atoms with Crippen LogP contribution in [-0.2, 0) is 19.3 Å². The maximum absolute atomic E-state index is 11.3. The van der Waals surface area contributed by atoms with Crippen molar-refractivity contribution in [3.8, 4) is 5.75 Å². The number of rotatable bonds is 14. The number of ether oxygens (including phenoxy) is 2. The van der Waals surface area contributed by atoms with Crippen molar-refractivity contribution in [2.75, 3.05) is 19.0 Å². The fourth-order valence-electron chi connectivity index (χ4n) is 2.49. The predicted molar refractivity (Wildman–Crippen MR) is 115 cm³/mol. The van der Waals surface area contributed by atoms with Gasteiger partial charge < -0.3 is 14.4 Å². The van der Waals surface area contributed by atoms with Gasteiger partial charge in [0.1, 0.15) is 24.2 Å². The maximum Gasteiger partial charge on any atom is 0.330 e. The van der Waals surface area contributed by atoms with Gasteiger partial charge in [-0.25, -0.2) is 4.79 Å². The molecule has 1 fully saturated rings. The highest BCUT2D eigenvalue weighted by molar-refractivity contribution is 8.77. The lowest BCUT2D eigenvalue weighted by Gasteiger charge is -2.18. The monoisotopic (exact) mass is 424 g/mol. The van der Waals surface area contributed by atoms with Gasteiger partial charge in [0.2, 0.25) is 0 Å². The van der Waals surface area contributed by atoms with Gasteiger partial charge in [-0.15, -0.1) is 0 Å². The van der Waals surface area contributed by atoms with Crippen LogP contribution in [0, 0.1) is 0 Å². The molecule has 0 aromatic heterocycles. The molecule has 0 spiro atoms. The first kappa shape index (κ1) is 22.7. The first-order valence-electron chi connectivity index (χ1n) is 9.43. The summed E-state index contributed by atoms with van der Waals surface area (Å²) in [5, 5.41) is 0.736. The zero-order chi connectivity index (χ0) is 20.0. The smallest absolute Gasteiger partial charge is 0.330 e. The SMILES string of the molecule is C=CC(=O)OCC(CCOc1ccccc1)OOC(=C)CCCC1CCSS1. The van der Waals surface area contributed by atoms with E-state index < -0.39 is 12.1 Å². The molecule has 2 atom stereocenters. The van der Waals surface area contributed by atoms with Gasteiger partial charge >= 0.3 is 5.97 Å². The summed E-state index contributed by atoms with van der Waals surface area (Å²) in [7, 11) is 3.92. The van der Waals surface area contributed by atoms with Crippen LogP contribution >= 0.6 is 21.6 Å². The van der Waals surface area contributed by atoms with Gasteiger partial charge in [0, 0.05) is 29.9 Å². The minimum atomic E-state index is -0.497. The van der Waals surface area contributed by atoms with Gasteiger partial charge in [0.15, 0.2) is 0 Å². The molecule has 154 valence electrons. The van der Waals surface area contributed by atoms with E-state index in [0.717, 1.165) is 36.3 Å². The summed E-state index contributed by atoms with van der Waals surface area (Å²) in [5.41, 5.74) is 0. The van der Waals surface area contributed by atoms with Crippen molar-refractivity contribution in [3.05, 3.63) is 55.3 Å². The molecule has 0 saturated carbocycles. The first-order chi connectivity index (χ1) is 13.7. The highest BCUT2D eigenvalue weighted by Crippen LogP contribution is 2.40. The first-order valence-corrected chi connectivity index (χ1v) is 11.8. The standard InChI is InChI=1S/C21H28O5S2/c1-3-21(22)24-16-19(12-14-23-18-9-5-4-6-10-18)26-25-17(2)8-7-11-20-13-15-27-28-20/h3-6,9-10,19-20H,1-2,7-8,11-16H2. The number of para-hydroxylation sites is 1. The molecule has 0 bridgehead atoms. The number of hydrogen-bond donors (Lipinski definition) is 0. The molecule has 7 heteroatoms. The number of allylic oxidation sites excluding steroid dienone is 1. The molecular weight excluding hydrogens is 396 g/mol. The highest BCUT2D eigenvalue weighted by Gasteiger charge is 2.17. The van der Waals surface area contributed by atoms with Gasteiger partial charge in [-0.1, -0.05) is 52.9 Å². The maximum atomic E-state index is 11.3. The van der Waals surface area contributed by atoms with Crippen molar-refractivity contribution < 1.29 is 24.0 Å². The van der Waals surface area contributed by atoms with E-state index in [2.05, 4.69) is 13.2 Å². The van der Waals surface area contributed by atoms with E-state index in [1.165, 1.54) is 12.2 Å². The Balaban J connectivity index is 1.68. The van der Waals surface area contributed by atoms with Gasteiger partial charge in [0.05, 0.1) is 6.61 Å². The molecule has 0 aliphatic carbocycles. The van der Waals surface area contributed by atoms with Crippen molar-refractivity contribution in [3.63, 3.8) is 0 Å². The zero-order valence-electron chi connectivity index (χ0n) is 16.0. The quantitative estimate of drug-likeness (QED) is 0.0998. The Bertz CT molecular complexity index is 602. The minimum absolute atomic E-state index is 0.0617. The molecule has 1 aliphatic heterocycles. The molecule has 1 saturated heterocycles. The fraction of sp³-hybridized carbons (Fsp3) is 0.476. The van der Waals surface area contributed by atoms with Gasteiger partial charge in [-0.3, -0.25) is 0 Å². The van der Waals surface area contributed by atoms with Crippen molar-refractivity contribution in [1.82, 2.24) is 0 Å². The number of carbonyl (C=O) groups is 1. The largest absolute Gasteiger partial charge is 0.493 e. The average Bonchev–Trinajstić information content (AvgIpc) is 3.23. The lowest BCUT2D eigenvalue weighted by atomic mass is 10.1. The van der Waals surface area contributed by atoms with E-state index in [4.69, 9.17) is 19.2 Å². The average molecular weight is 425 g/mol. The molecule has 0 amide bonds. The van der Waals surface area contributed by atoms with Crippen LogP contribution in [0.3, 0.4) is 0 Å². The van der Waals surface area contributed by atoms with Crippen LogP contribution in [-0.4, -0.2) is 36.3 Å². The highest BCUT2D eigenvalue weighted by atomic mass is 33.1. The number of hydrogen-bond acceptors (Lipinski definition) is 7. The van der Waals surface area contributed by atoms with Crippen molar-refractivity contribution in [2.45, 2.75) is 43.5 Å². The number of carbonyl (C=O) groups excluding carboxylic acids is 1. The summed E-state index contributed by atoms with van der Waals surface area (Å²) in [6.45, 7) is 7.78. The molecule has 0 radical (unpaired) electrons. The Morgan fingerprint density at radius 3 is 2.86 bits per heavy atom. The normalized spacial score (nSPS) is 16.9. The molecule has 1 aromatic carbocycles. The summed E-state index contributed by atoms with van der Waals surface area (Å²) in [4.78, 5) is 22.1. The van der Waals surface area contributed by atoms with Gasteiger partial charge in [-0.2, -0.15) is 4.89 Å². The molecule has 0 N–H and O–H groups in total. The number of benzene rings is 1. The van der Waals surface area contributed by atoms with Crippen molar-refractivity contribution in [1.29, 1.82) is 0 Å². The van der Waals surface area contributed by atoms with Crippen LogP contribution in [0.5, 0.6) is 5.75 Å². The molecule has 28 heavy (non-hydrogen) atoms. The second-order valence-electron chi connectivity index (χ2n) is 6.35. The van der Waals surface area contributed by atoms with Crippen LogP contribution < -0.4 is 4.74 Å². The van der Waals surface area contributed by atoms with E-state index in [1.54, 1.807) is 0 Å². The Hall–Kier alpha value is -1.57. The van der Waals surface area contributed by atoms with Crippen LogP contribution in [0.15, 0.2) is 55.3 Å².